The van der Waals surface area contributed by atoms with Crippen molar-refractivity contribution in [3.63, 3.8) is 0 Å². The average Bonchev–Trinajstić information content (AvgIpc) is 3.02. The van der Waals surface area contributed by atoms with E-state index in [0.717, 1.165) is 35.5 Å². The molecule has 0 fully saturated rings. The number of nitriles is 1. The fourth-order valence-electron chi connectivity index (χ4n) is 5.40. The van der Waals surface area contributed by atoms with E-state index < -0.39 is 10.8 Å². The third kappa shape index (κ3) is 2.30. The molecule has 1 aromatic heterocycles. The molecule has 0 aliphatic heterocycles. The van der Waals surface area contributed by atoms with Gasteiger partial charge in [-0.05, 0) is 30.9 Å². The van der Waals surface area contributed by atoms with Gasteiger partial charge in [-0.25, -0.2) is 0 Å². The van der Waals surface area contributed by atoms with Crippen LogP contribution >= 0.6 is 0 Å². The van der Waals surface area contributed by atoms with Crippen LogP contribution in [0.25, 0.3) is 11.3 Å². The molecule has 2 aliphatic carbocycles. The first-order chi connectivity index (χ1) is 13.3. The van der Waals surface area contributed by atoms with E-state index in [-0.39, 0.29) is 17.3 Å². The fourth-order valence-corrected chi connectivity index (χ4v) is 5.40. The molecular formula is C23H25N3O2. The summed E-state index contributed by atoms with van der Waals surface area (Å²) in [5.74, 6) is 0.868. The van der Waals surface area contributed by atoms with Gasteiger partial charge < -0.3 is 4.74 Å². The highest BCUT2D eigenvalue weighted by molar-refractivity contribution is 6.04. The number of hydrogen-bond donors (Lipinski definition) is 0. The lowest BCUT2D eigenvalue weighted by Crippen LogP contribution is -2.51. The molecule has 0 amide bonds. The third-order valence-electron chi connectivity index (χ3n) is 6.69. The van der Waals surface area contributed by atoms with Crippen molar-refractivity contribution >= 4 is 5.78 Å². The zero-order valence-corrected chi connectivity index (χ0v) is 17.0. The van der Waals surface area contributed by atoms with E-state index >= 15 is 0 Å². The Balaban J connectivity index is 1.97. The van der Waals surface area contributed by atoms with Crippen LogP contribution in [0.3, 0.4) is 0 Å². The van der Waals surface area contributed by atoms with E-state index in [1.54, 1.807) is 7.11 Å². The van der Waals surface area contributed by atoms with Crippen LogP contribution in [-0.2, 0) is 23.7 Å². The quantitative estimate of drug-likeness (QED) is 0.796. The van der Waals surface area contributed by atoms with Crippen LogP contribution in [0, 0.1) is 22.7 Å². The second kappa shape index (κ2) is 6.07. The number of para-hydroxylation sites is 1. The van der Waals surface area contributed by atoms with Crippen molar-refractivity contribution in [3.8, 4) is 23.1 Å². The maximum absolute atomic E-state index is 12.8. The summed E-state index contributed by atoms with van der Waals surface area (Å²) >= 11 is 0. The van der Waals surface area contributed by atoms with E-state index in [1.165, 1.54) is 5.56 Å². The molecule has 1 unspecified atom stereocenters. The predicted octanol–water partition coefficient (Wildman–Crippen LogP) is 3.97. The van der Waals surface area contributed by atoms with Crippen molar-refractivity contribution in [1.82, 2.24) is 9.78 Å². The fraction of sp³-hybridized carbons (Fsp3) is 0.435. The van der Waals surface area contributed by atoms with Gasteiger partial charge in [-0.2, -0.15) is 10.4 Å². The summed E-state index contributed by atoms with van der Waals surface area (Å²) in [6, 6.07) is 10.1. The monoisotopic (exact) mass is 375 g/mol. The number of benzene rings is 1. The van der Waals surface area contributed by atoms with Crippen molar-refractivity contribution in [1.29, 1.82) is 5.26 Å². The molecule has 1 aromatic carbocycles. The predicted molar refractivity (Wildman–Crippen MR) is 107 cm³/mol. The van der Waals surface area contributed by atoms with E-state index in [0.29, 0.717) is 0 Å². The summed E-state index contributed by atoms with van der Waals surface area (Å²) in [5.41, 5.74) is 3.43. The molecule has 0 bridgehead atoms. The Morgan fingerprint density at radius 2 is 2.00 bits per heavy atom. The second-order valence-electron chi connectivity index (χ2n) is 8.59. The molecule has 5 nitrogen and oxygen atoms in total. The average molecular weight is 375 g/mol. The van der Waals surface area contributed by atoms with E-state index in [2.05, 4.69) is 19.1 Å². The van der Waals surface area contributed by atoms with Gasteiger partial charge in [0.1, 0.15) is 11.8 Å². The van der Waals surface area contributed by atoms with Gasteiger partial charge in [0.25, 0.3) is 0 Å². The van der Waals surface area contributed by atoms with Crippen molar-refractivity contribution in [3.05, 3.63) is 47.2 Å². The molecular weight excluding hydrogens is 350 g/mol. The first-order valence-corrected chi connectivity index (χ1v) is 9.63. The highest BCUT2D eigenvalue weighted by atomic mass is 16.5. The van der Waals surface area contributed by atoms with Gasteiger partial charge in [0.2, 0.25) is 0 Å². The molecule has 2 aliphatic rings. The number of Topliss-reactive ketones (excluding diaryl/α,β-unsaturated/α-hetero) is 1. The van der Waals surface area contributed by atoms with Gasteiger partial charge in [0.05, 0.1) is 24.1 Å². The normalized spacial score (nSPS) is 25.4. The molecule has 5 heteroatoms. The first kappa shape index (κ1) is 18.5. The Morgan fingerprint density at radius 1 is 1.29 bits per heavy atom. The highest BCUT2D eigenvalue weighted by Crippen LogP contribution is 2.55. The van der Waals surface area contributed by atoms with Gasteiger partial charge in [0, 0.05) is 29.0 Å². The van der Waals surface area contributed by atoms with Crippen LogP contribution in [0.1, 0.15) is 38.4 Å². The lowest BCUT2D eigenvalue weighted by Gasteiger charge is -2.49. The zero-order chi connectivity index (χ0) is 20.3. The van der Waals surface area contributed by atoms with Crippen LogP contribution in [0.2, 0.25) is 0 Å². The zero-order valence-electron chi connectivity index (χ0n) is 17.0. The van der Waals surface area contributed by atoms with E-state index in [4.69, 9.17) is 9.84 Å². The van der Waals surface area contributed by atoms with Gasteiger partial charge in [0.15, 0.2) is 5.78 Å². The number of carbonyl (C=O) groups excluding carboxylic acids is 1. The molecule has 0 saturated heterocycles. The number of rotatable bonds is 2. The van der Waals surface area contributed by atoms with Crippen LogP contribution in [0.4, 0.5) is 0 Å². The minimum atomic E-state index is -0.589. The Bertz CT molecular complexity index is 1050. The summed E-state index contributed by atoms with van der Waals surface area (Å²) in [6.45, 7) is 6.06. The lowest BCUT2D eigenvalue weighted by molar-refractivity contribution is -0.128. The number of aromatic nitrogens is 2. The number of carbonyl (C=O) groups is 1. The highest BCUT2D eigenvalue weighted by Gasteiger charge is 2.55. The van der Waals surface area contributed by atoms with Gasteiger partial charge in [-0.15, -0.1) is 0 Å². The number of fused-ring (bicyclic) bond motifs is 3. The summed E-state index contributed by atoms with van der Waals surface area (Å²) in [6.07, 6.45) is 3.59. The molecule has 0 radical (unpaired) electrons. The van der Waals surface area contributed by atoms with Crippen molar-refractivity contribution in [2.24, 2.45) is 18.4 Å². The molecule has 1 heterocycles. The molecule has 144 valence electrons. The molecule has 0 spiro atoms. The van der Waals surface area contributed by atoms with E-state index in [9.17, 15) is 10.1 Å². The smallest absolute Gasteiger partial charge is 0.178 e. The molecule has 28 heavy (non-hydrogen) atoms. The molecule has 4 rings (SSSR count). The van der Waals surface area contributed by atoms with E-state index in [1.807, 2.05) is 49.9 Å². The van der Waals surface area contributed by atoms with Crippen molar-refractivity contribution in [2.45, 2.75) is 39.0 Å². The number of allylic oxidation sites excluding steroid dienone is 2. The Hall–Kier alpha value is -2.87. The minimum Gasteiger partial charge on any atom is -0.496 e. The first-order valence-electron chi connectivity index (χ1n) is 9.63. The summed E-state index contributed by atoms with van der Waals surface area (Å²) in [5, 5.41) is 14.5. The Labute approximate surface area is 165 Å². The number of ether oxygens (including phenoxy) is 1. The SMILES string of the molecule is COc1ccccc1-c1c2c(nn1C)[C@@]1(C)C=C(C#N)C(=O)C(C)(C)C1CC2. The molecule has 0 saturated carbocycles. The van der Waals surface area contributed by atoms with Crippen molar-refractivity contribution < 1.29 is 9.53 Å². The molecule has 2 atom stereocenters. The van der Waals surface area contributed by atoms with Crippen LogP contribution in [0.15, 0.2) is 35.9 Å². The number of aryl methyl sites for hydroxylation is 1. The Morgan fingerprint density at radius 3 is 2.68 bits per heavy atom. The van der Waals surface area contributed by atoms with Gasteiger partial charge in [-0.1, -0.05) is 39.0 Å². The topological polar surface area (TPSA) is 67.9 Å². The largest absolute Gasteiger partial charge is 0.496 e. The van der Waals surface area contributed by atoms with Gasteiger partial charge in [-0.3, -0.25) is 9.48 Å². The molecule has 2 aromatic rings. The maximum atomic E-state index is 12.8. The number of methoxy groups -OCH3 is 1. The van der Waals surface area contributed by atoms with Crippen LogP contribution < -0.4 is 4.74 Å². The standard InChI is InChI=1S/C23H25N3O2/c1-22(2)18-11-10-16-19(15-8-6-7-9-17(15)28-5)26(4)25-20(16)23(18,3)12-14(13-24)21(22)27/h6-9,12,18H,10-11H2,1-5H3/t18?,23-/m0/s1. The van der Waals surface area contributed by atoms with Crippen LogP contribution in [-0.4, -0.2) is 22.7 Å². The van der Waals surface area contributed by atoms with Crippen molar-refractivity contribution in [2.75, 3.05) is 7.11 Å². The number of nitrogens with zero attached hydrogens (tertiary/aromatic N) is 3. The molecule has 0 N–H and O–H groups in total. The van der Waals surface area contributed by atoms with Crippen LogP contribution in [0.5, 0.6) is 5.75 Å². The third-order valence-corrected chi connectivity index (χ3v) is 6.69. The Kier molecular flexibility index (Phi) is 4.01. The summed E-state index contributed by atoms with van der Waals surface area (Å²) < 4.78 is 7.50. The van der Waals surface area contributed by atoms with Gasteiger partial charge >= 0.3 is 0 Å². The second-order valence-corrected chi connectivity index (χ2v) is 8.59. The summed E-state index contributed by atoms with van der Waals surface area (Å²) in [7, 11) is 3.63. The lowest BCUT2D eigenvalue weighted by atomic mass is 9.52. The summed E-state index contributed by atoms with van der Waals surface area (Å²) in [4.78, 5) is 12.8. The maximum Gasteiger partial charge on any atom is 0.178 e. The minimum absolute atomic E-state index is 0.0539. The number of hydrogen-bond acceptors (Lipinski definition) is 4. The number of ketones is 1.